The molecule has 6 amide bonds. The van der Waals surface area contributed by atoms with Gasteiger partial charge in [0.25, 0.3) is 23.6 Å². The summed E-state index contributed by atoms with van der Waals surface area (Å²) >= 11 is 10.5. The van der Waals surface area contributed by atoms with E-state index in [1.54, 1.807) is 136 Å². The summed E-state index contributed by atoms with van der Waals surface area (Å²) in [5.41, 5.74) is -0.488. The van der Waals surface area contributed by atoms with E-state index in [0.717, 1.165) is 9.80 Å². The van der Waals surface area contributed by atoms with Gasteiger partial charge in [-0.3, -0.25) is 28.8 Å². The second kappa shape index (κ2) is 23.7. The summed E-state index contributed by atoms with van der Waals surface area (Å²) < 4.78 is 0.738. The zero-order valence-electron chi connectivity index (χ0n) is 27.3. The van der Waals surface area contributed by atoms with Crippen molar-refractivity contribution in [3.63, 3.8) is 0 Å². The van der Waals surface area contributed by atoms with Gasteiger partial charge in [-0.05, 0) is 136 Å². The number of hydrogen-bond donors (Lipinski definition) is 11. The van der Waals surface area contributed by atoms with Gasteiger partial charge in [0, 0.05) is 20.2 Å². The van der Waals surface area contributed by atoms with Crippen LogP contribution in [0.15, 0.2) is 0 Å². The van der Waals surface area contributed by atoms with E-state index in [2.05, 4.69) is 21.3 Å². The molecular weight excluding hydrogens is 1400 g/mol. The maximum Gasteiger partial charge on any atom is 0.255 e. The summed E-state index contributed by atoms with van der Waals surface area (Å²) in [6.07, 6.45) is -4.28. The summed E-state index contributed by atoms with van der Waals surface area (Å²) in [6.45, 7) is -3.87. The average Bonchev–Trinajstić information content (AvgIpc) is 3.11. The molecule has 0 spiro atoms. The van der Waals surface area contributed by atoms with Crippen LogP contribution in [0.3, 0.4) is 0 Å². The highest BCUT2D eigenvalue weighted by molar-refractivity contribution is 14.1. The molecule has 0 saturated heterocycles. The van der Waals surface area contributed by atoms with Crippen LogP contribution in [0.4, 0.5) is 11.4 Å². The molecule has 0 heterocycles. The van der Waals surface area contributed by atoms with E-state index in [1.807, 2.05) is 0 Å². The Morgan fingerprint density at radius 3 is 1.09 bits per heavy atom. The molecule has 0 aliphatic rings. The van der Waals surface area contributed by atoms with Gasteiger partial charge in [0.1, 0.15) is 12.5 Å². The Labute approximate surface area is 389 Å². The Morgan fingerprint density at radius 2 is 0.833 bits per heavy atom. The van der Waals surface area contributed by atoms with Crippen molar-refractivity contribution in [2.45, 2.75) is 18.6 Å². The smallest absolute Gasteiger partial charge is 0.255 e. The van der Waals surface area contributed by atoms with Gasteiger partial charge in [0.05, 0.1) is 93.5 Å². The fourth-order valence-corrected chi connectivity index (χ4v) is 14.1. The number of nitrogens with one attached hydrogen (secondary N) is 4. The first-order valence-electron chi connectivity index (χ1n) is 15.0. The van der Waals surface area contributed by atoms with Crippen LogP contribution in [0.1, 0.15) is 41.4 Å². The maximum absolute atomic E-state index is 13.3. The van der Waals surface area contributed by atoms with Crippen LogP contribution in [0.5, 0.6) is 0 Å². The number of carbonyl (C=O) groups is 6. The molecule has 54 heavy (non-hydrogen) atoms. The van der Waals surface area contributed by atoms with Crippen LogP contribution in [-0.4, -0.2) is 143 Å². The van der Waals surface area contributed by atoms with Crippen molar-refractivity contribution in [1.29, 1.82) is 0 Å². The van der Waals surface area contributed by atoms with Crippen LogP contribution >= 0.6 is 136 Å². The third kappa shape index (κ3) is 12.2. The molecular formula is C29H32I6N6O13. The molecule has 2 aromatic carbocycles. The lowest BCUT2D eigenvalue weighted by molar-refractivity contribution is -0.108. The predicted molar refractivity (Wildman–Crippen MR) is 242 cm³/mol. The van der Waals surface area contributed by atoms with Gasteiger partial charge in [-0.15, -0.1) is 0 Å². The van der Waals surface area contributed by atoms with Crippen LogP contribution in [0, 0.1) is 21.4 Å². The van der Waals surface area contributed by atoms with Crippen LogP contribution in [0.25, 0.3) is 0 Å². The summed E-state index contributed by atoms with van der Waals surface area (Å²) in [4.78, 5) is 80.4. The van der Waals surface area contributed by atoms with Gasteiger partial charge >= 0.3 is 0 Å². The summed E-state index contributed by atoms with van der Waals surface area (Å²) in [6, 6.07) is 0. The lowest BCUT2D eigenvalue weighted by Gasteiger charge is -2.30. The van der Waals surface area contributed by atoms with Gasteiger partial charge in [-0.1, -0.05) is 0 Å². The predicted octanol–water partition coefficient (Wildman–Crippen LogP) is -1.17. The standard InChI is InChI=1S/C29H32I6N6O13/c30-18-14(26(51)36-1-3-42)20(32)24(22(34)16(18)28(53)38-12(49)7-44)40(9-46)5-11(48)6-41(10-47)25-21(33)15(27(52)37-2-4-43)19(31)17(23(25)35)29(54)39-13(50)8-45/h9-13,42-45,48-50H,1-8H2,(H,36,51)(H,37,52)(H,38,53)(H,39,54). The van der Waals surface area contributed by atoms with Crippen molar-refractivity contribution < 1.29 is 64.5 Å². The minimum Gasteiger partial charge on any atom is -0.395 e. The van der Waals surface area contributed by atoms with Gasteiger partial charge in [0.15, 0.2) is 0 Å². The fourth-order valence-electron chi connectivity index (χ4n) is 4.54. The van der Waals surface area contributed by atoms with E-state index >= 15 is 0 Å². The largest absolute Gasteiger partial charge is 0.395 e. The second-order valence-corrected chi connectivity index (χ2v) is 17.0. The quantitative estimate of drug-likeness (QED) is 0.0424. The number of nitrogens with zero attached hydrogens (tertiary/aromatic N) is 2. The first-order chi connectivity index (χ1) is 25.5. The van der Waals surface area contributed by atoms with Crippen LogP contribution in [0.2, 0.25) is 0 Å². The third-order valence-corrected chi connectivity index (χ3v) is 13.2. The number of halogens is 6. The highest BCUT2D eigenvalue weighted by Crippen LogP contribution is 2.39. The zero-order valence-corrected chi connectivity index (χ0v) is 40.2. The number of rotatable bonds is 20. The lowest BCUT2D eigenvalue weighted by atomic mass is 10.1. The van der Waals surface area contributed by atoms with Gasteiger partial charge < -0.3 is 66.8 Å². The molecule has 2 atom stereocenters. The lowest BCUT2D eigenvalue weighted by Crippen LogP contribution is -2.42. The first kappa shape index (κ1) is 49.5. The molecule has 0 bridgehead atoms. The van der Waals surface area contributed by atoms with Crippen molar-refractivity contribution in [2.24, 2.45) is 0 Å². The summed E-state index contributed by atoms with van der Waals surface area (Å²) in [7, 11) is 0. The molecule has 2 unspecified atom stereocenters. The van der Waals surface area contributed by atoms with Gasteiger partial charge in [-0.2, -0.15) is 0 Å². The van der Waals surface area contributed by atoms with Crippen molar-refractivity contribution in [3.05, 3.63) is 43.7 Å². The molecule has 0 aliphatic carbocycles. The maximum atomic E-state index is 13.3. The highest BCUT2D eigenvalue weighted by atomic mass is 127. The average molecular weight is 1430 g/mol. The topological polar surface area (TPSA) is 299 Å². The number of carbonyl (C=O) groups excluding carboxylic acids is 6. The monoisotopic (exact) mass is 1430 g/mol. The molecule has 0 radical (unpaired) electrons. The van der Waals surface area contributed by atoms with E-state index in [1.165, 1.54) is 0 Å². The Hall–Kier alpha value is -0.640. The molecule has 2 aromatic rings. The summed E-state index contributed by atoms with van der Waals surface area (Å²) in [5.74, 6) is -3.27. The molecule has 25 heteroatoms. The first-order valence-corrected chi connectivity index (χ1v) is 21.4. The third-order valence-electron chi connectivity index (χ3n) is 6.88. The minimum atomic E-state index is -1.67. The number of amides is 6. The number of anilines is 2. The van der Waals surface area contributed by atoms with Crippen LogP contribution < -0.4 is 31.1 Å². The Balaban J connectivity index is 2.74. The molecule has 11 N–H and O–H groups in total. The van der Waals surface area contributed by atoms with Crippen molar-refractivity contribution in [1.82, 2.24) is 21.3 Å². The zero-order chi connectivity index (χ0) is 41.0. The molecule has 2 rings (SSSR count). The normalized spacial score (nSPS) is 12.6. The Kier molecular flexibility index (Phi) is 21.7. The molecule has 0 fully saturated rings. The molecule has 19 nitrogen and oxygen atoms in total. The number of hydrogen-bond acceptors (Lipinski definition) is 13. The molecule has 298 valence electrons. The minimum absolute atomic E-state index is 0.0104. The van der Waals surface area contributed by atoms with Crippen molar-refractivity contribution >= 4 is 183 Å². The number of aliphatic hydroxyl groups excluding tert-OH is 7. The molecule has 0 aromatic heterocycles. The van der Waals surface area contributed by atoms with E-state index < -0.39 is 81.7 Å². The van der Waals surface area contributed by atoms with E-state index in [9.17, 15) is 64.5 Å². The SMILES string of the molecule is O=CN(CC(O)CN(C=O)c1c(I)c(C(=O)NCCO)c(I)c(C(=O)NC(O)CO)c1I)c1c(I)c(C(=O)NCCO)c(I)c(C(=O)NC(O)CO)c1I. The van der Waals surface area contributed by atoms with E-state index in [0.29, 0.717) is 12.8 Å². The van der Waals surface area contributed by atoms with Crippen LogP contribution in [-0.2, 0) is 9.59 Å². The second-order valence-electron chi connectivity index (χ2n) is 10.6. The fraction of sp³-hybridized carbons (Fsp3) is 0.379. The number of aliphatic hydroxyl groups is 7. The van der Waals surface area contributed by atoms with Gasteiger partial charge in [-0.25, -0.2) is 0 Å². The van der Waals surface area contributed by atoms with Crippen molar-refractivity contribution in [2.75, 3.05) is 62.4 Å². The Morgan fingerprint density at radius 1 is 0.537 bits per heavy atom. The number of benzene rings is 2. The van der Waals surface area contributed by atoms with E-state index in [4.69, 9.17) is 0 Å². The van der Waals surface area contributed by atoms with Gasteiger partial charge in [0.2, 0.25) is 12.8 Å². The summed E-state index contributed by atoms with van der Waals surface area (Å²) in [5, 5.41) is 77.6. The Bertz CT molecular complexity index is 1630. The molecule has 0 aliphatic heterocycles. The highest BCUT2D eigenvalue weighted by Gasteiger charge is 2.34. The van der Waals surface area contributed by atoms with E-state index in [-0.39, 0.29) is 68.1 Å². The molecule has 0 saturated carbocycles. The van der Waals surface area contributed by atoms with Crippen molar-refractivity contribution in [3.8, 4) is 0 Å².